The second-order valence-electron chi connectivity index (χ2n) is 25.6. The van der Waals surface area contributed by atoms with Gasteiger partial charge in [0.05, 0.1) is 25.4 Å². The standard InChI is InChI=1S/C74H145NO5/c1-3-5-7-9-11-13-15-17-19-39-42-46-50-54-58-62-66-72(77)71(70-76)75-73(78)67-63-59-55-51-47-43-40-36-34-32-30-28-26-24-22-20-21-23-25-27-29-31-33-35-37-41-45-49-53-57-61-65-69-80-74(79)68-64-60-56-52-48-44-38-18-16-14-12-10-8-6-4-2/h18,38,71-72,76-77H,3-17,19-37,39-70H2,1-2H3,(H,75,78)/b38-18-. The van der Waals surface area contributed by atoms with Gasteiger partial charge in [0, 0.05) is 12.8 Å². The zero-order valence-corrected chi connectivity index (χ0v) is 54.6. The average Bonchev–Trinajstić information content (AvgIpc) is 3.46. The number of esters is 1. The van der Waals surface area contributed by atoms with Gasteiger partial charge in [0.15, 0.2) is 0 Å². The van der Waals surface area contributed by atoms with Crippen molar-refractivity contribution in [2.24, 2.45) is 0 Å². The third-order valence-corrected chi connectivity index (χ3v) is 17.6. The molecule has 0 fully saturated rings. The summed E-state index contributed by atoms with van der Waals surface area (Å²) in [6, 6.07) is -0.537. The second kappa shape index (κ2) is 70.1. The Hall–Kier alpha value is -1.40. The van der Waals surface area contributed by atoms with Crippen molar-refractivity contribution in [3.63, 3.8) is 0 Å². The van der Waals surface area contributed by atoms with Gasteiger partial charge in [0.1, 0.15) is 0 Å². The van der Waals surface area contributed by atoms with Crippen LogP contribution in [0.15, 0.2) is 12.2 Å². The highest BCUT2D eigenvalue weighted by Gasteiger charge is 2.20. The molecule has 2 atom stereocenters. The molecule has 0 radical (unpaired) electrons. The Balaban J connectivity index is 3.31. The SMILES string of the molecule is CCCCCCCC/C=C\CCCCCCCC(=O)OCCCCCCCCCCCCCCCCCCCCCCCCCCCCCCCCCCC(=O)NC(CO)C(O)CCCCCCCCCCCCCCCCCC. The lowest BCUT2D eigenvalue weighted by molar-refractivity contribution is -0.143. The van der Waals surface area contributed by atoms with E-state index in [1.54, 1.807) is 0 Å². The molecule has 0 spiro atoms. The molecule has 0 bridgehead atoms. The Labute approximate surface area is 501 Å². The lowest BCUT2D eigenvalue weighted by Crippen LogP contribution is -2.45. The number of aliphatic hydroxyl groups excluding tert-OH is 2. The van der Waals surface area contributed by atoms with Crippen LogP contribution in [0.2, 0.25) is 0 Å². The third kappa shape index (κ3) is 65.7. The largest absolute Gasteiger partial charge is 0.466 e. The van der Waals surface area contributed by atoms with Crippen LogP contribution in [0.4, 0.5) is 0 Å². The van der Waals surface area contributed by atoms with Crippen molar-refractivity contribution in [1.29, 1.82) is 0 Å². The van der Waals surface area contributed by atoms with Crippen LogP contribution in [0, 0.1) is 0 Å². The molecule has 0 saturated heterocycles. The number of aliphatic hydroxyl groups is 2. The smallest absolute Gasteiger partial charge is 0.305 e. The number of hydrogen-bond acceptors (Lipinski definition) is 5. The molecule has 0 aliphatic rings. The molecule has 0 saturated carbocycles. The van der Waals surface area contributed by atoms with Crippen LogP contribution in [0.25, 0.3) is 0 Å². The van der Waals surface area contributed by atoms with Crippen LogP contribution < -0.4 is 5.32 Å². The number of nitrogens with one attached hydrogen (secondary N) is 1. The van der Waals surface area contributed by atoms with Crippen LogP contribution >= 0.6 is 0 Å². The van der Waals surface area contributed by atoms with Gasteiger partial charge in [-0.05, 0) is 51.4 Å². The number of unbranched alkanes of at least 4 members (excludes halogenated alkanes) is 57. The molecule has 0 aliphatic heterocycles. The van der Waals surface area contributed by atoms with E-state index in [1.165, 1.54) is 347 Å². The highest BCUT2D eigenvalue weighted by atomic mass is 16.5. The van der Waals surface area contributed by atoms with E-state index in [0.29, 0.717) is 25.9 Å². The molecular weight excluding hydrogens is 983 g/mol. The summed E-state index contributed by atoms with van der Waals surface area (Å²) >= 11 is 0. The Morgan fingerprint density at radius 3 is 0.887 bits per heavy atom. The second-order valence-corrected chi connectivity index (χ2v) is 25.6. The Morgan fingerprint density at radius 1 is 0.338 bits per heavy atom. The van der Waals surface area contributed by atoms with Crippen molar-refractivity contribution in [3.8, 4) is 0 Å². The number of allylic oxidation sites excluding steroid dienone is 2. The zero-order chi connectivity index (χ0) is 57.8. The summed E-state index contributed by atoms with van der Waals surface area (Å²) in [6.45, 7) is 4.99. The monoisotopic (exact) mass is 1130 g/mol. The maximum atomic E-state index is 12.5. The van der Waals surface area contributed by atoms with E-state index >= 15 is 0 Å². The van der Waals surface area contributed by atoms with Crippen LogP contribution in [-0.2, 0) is 14.3 Å². The molecular formula is C74H145NO5. The van der Waals surface area contributed by atoms with Crippen molar-refractivity contribution in [3.05, 3.63) is 12.2 Å². The summed E-state index contributed by atoms with van der Waals surface area (Å²) in [6.07, 6.45) is 87.1. The fourth-order valence-corrected chi connectivity index (χ4v) is 11.9. The first kappa shape index (κ1) is 78.6. The van der Waals surface area contributed by atoms with Crippen LogP contribution in [0.3, 0.4) is 0 Å². The lowest BCUT2D eigenvalue weighted by Gasteiger charge is -2.22. The summed E-state index contributed by atoms with van der Waals surface area (Å²) in [5, 5.41) is 23.4. The van der Waals surface area contributed by atoms with Crippen molar-refractivity contribution in [1.82, 2.24) is 5.32 Å². The first-order chi connectivity index (χ1) is 39.5. The number of carbonyl (C=O) groups excluding carboxylic acids is 2. The highest BCUT2D eigenvalue weighted by Crippen LogP contribution is 2.20. The minimum Gasteiger partial charge on any atom is -0.466 e. The van der Waals surface area contributed by atoms with E-state index < -0.39 is 12.1 Å². The molecule has 6 heteroatoms. The van der Waals surface area contributed by atoms with E-state index in [4.69, 9.17) is 4.74 Å². The van der Waals surface area contributed by atoms with E-state index in [2.05, 4.69) is 31.3 Å². The van der Waals surface area contributed by atoms with Gasteiger partial charge in [-0.2, -0.15) is 0 Å². The summed E-state index contributed by atoms with van der Waals surface area (Å²) in [5.41, 5.74) is 0. The fraction of sp³-hybridized carbons (Fsp3) is 0.946. The summed E-state index contributed by atoms with van der Waals surface area (Å²) in [4.78, 5) is 24.6. The number of amides is 1. The van der Waals surface area contributed by atoms with Crippen LogP contribution in [0.1, 0.15) is 425 Å². The molecule has 2 unspecified atom stereocenters. The van der Waals surface area contributed by atoms with E-state index in [1.807, 2.05) is 0 Å². The molecule has 0 aromatic carbocycles. The molecule has 3 N–H and O–H groups in total. The van der Waals surface area contributed by atoms with Gasteiger partial charge >= 0.3 is 5.97 Å². The van der Waals surface area contributed by atoms with Crippen molar-refractivity contribution < 1.29 is 24.5 Å². The number of hydrogen-bond donors (Lipinski definition) is 3. The molecule has 476 valence electrons. The van der Waals surface area contributed by atoms with Crippen molar-refractivity contribution in [2.75, 3.05) is 13.2 Å². The molecule has 1 amide bonds. The van der Waals surface area contributed by atoms with E-state index in [9.17, 15) is 19.8 Å². The Kier molecular flexibility index (Phi) is 68.9. The van der Waals surface area contributed by atoms with E-state index in [-0.39, 0.29) is 18.5 Å². The first-order valence-electron chi connectivity index (χ1n) is 36.9. The normalized spacial score (nSPS) is 12.5. The van der Waals surface area contributed by atoms with Crippen LogP contribution in [0.5, 0.6) is 0 Å². The molecule has 0 aliphatic carbocycles. The number of ether oxygens (including phenoxy) is 1. The molecule has 0 aromatic rings. The molecule has 0 heterocycles. The highest BCUT2D eigenvalue weighted by molar-refractivity contribution is 5.76. The Morgan fingerprint density at radius 2 is 0.588 bits per heavy atom. The summed E-state index contributed by atoms with van der Waals surface area (Å²) < 4.78 is 5.50. The van der Waals surface area contributed by atoms with E-state index in [0.717, 1.165) is 44.9 Å². The van der Waals surface area contributed by atoms with Crippen molar-refractivity contribution in [2.45, 2.75) is 437 Å². The maximum absolute atomic E-state index is 12.5. The molecule has 80 heavy (non-hydrogen) atoms. The van der Waals surface area contributed by atoms with Gasteiger partial charge in [-0.1, -0.05) is 373 Å². The fourth-order valence-electron chi connectivity index (χ4n) is 11.9. The topological polar surface area (TPSA) is 95.9 Å². The van der Waals surface area contributed by atoms with Gasteiger partial charge in [0.25, 0.3) is 0 Å². The molecule has 6 nitrogen and oxygen atoms in total. The number of rotatable bonds is 70. The van der Waals surface area contributed by atoms with Crippen molar-refractivity contribution >= 4 is 11.9 Å². The quantitative estimate of drug-likeness (QED) is 0.0320. The lowest BCUT2D eigenvalue weighted by atomic mass is 10.0. The van der Waals surface area contributed by atoms with Gasteiger partial charge in [-0.3, -0.25) is 9.59 Å². The van der Waals surface area contributed by atoms with Gasteiger partial charge in [-0.15, -0.1) is 0 Å². The summed E-state index contributed by atoms with van der Waals surface area (Å²) in [5.74, 6) is -0.0123. The summed E-state index contributed by atoms with van der Waals surface area (Å²) in [7, 11) is 0. The van der Waals surface area contributed by atoms with Gasteiger partial charge in [-0.25, -0.2) is 0 Å². The number of carbonyl (C=O) groups is 2. The Bertz CT molecular complexity index is 1210. The molecule has 0 rings (SSSR count). The maximum Gasteiger partial charge on any atom is 0.305 e. The predicted molar refractivity (Wildman–Crippen MR) is 352 cm³/mol. The minimum atomic E-state index is -0.660. The predicted octanol–water partition coefficient (Wildman–Crippen LogP) is 23.9. The average molecular weight is 1130 g/mol. The van der Waals surface area contributed by atoms with Gasteiger partial charge < -0.3 is 20.3 Å². The minimum absolute atomic E-state index is 0.0142. The third-order valence-electron chi connectivity index (χ3n) is 17.6. The van der Waals surface area contributed by atoms with Gasteiger partial charge in [0.2, 0.25) is 5.91 Å². The first-order valence-corrected chi connectivity index (χ1v) is 36.9. The zero-order valence-electron chi connectivity index (χ0n) is 54.6. The van der Waals surface area contributed by atoms with Crippen LogP contribution in [-0.4, -0.2) is 47.4 Å². The molecule has 0 aromatic heterocycles.